The number of halogens is 2. The minimum absolute atomic E-state index is 0.00703. The van der Waals surface area contributed by atoms with Gasteiger partial charge >= 0.3 is 0 Å². The lowest BCUT2D eigenvalue weighted by atomic mass is 10.1. The molecule has 0 saturated carbocycles. The van der Waals surface area contributed by atoms with Crippen LogP contribution in [0.5, 0.6) is 0 Å². The Labute approximate surface area is 186 Å². The van der Waals surface area contributed by atoms with Crippen molar-refractivity contribution in [3.05, 3.63) is 61.0 Å². The van der Waals surface area contributed by atoms with Gasteiger partial charge in [0.25, 0.3) is 11.5 Å². The lowest BCUT2D eigenvalue weighted by Crippen LogP contribution is -2.33. The van der Waals surface area contributed by atoms with Crippen LogP contribution < -0.4 is 15.6 Å². The highest BCUT2D eigenvalue weighted by atomic mass is 35.5. The molecule has 1 aromatic carbocycles. The molecule has 0 saturated heterocycles. The van der Waals surface area contributed by atoms with Gasteiger partial charge in [-0.1, -0.05) is 36.5 Å². The second kappa shape index (κ2) is 9.96. The third-order valence-corrected chi connectivity index (χ3v) is 6.92. The maximum atomic E-state index is 12.7. The van der Waals surface area contributed by atoms with Gasteiger partial charge in [0.05, 0.1) is 15.6 Å². The second-order valence-electron chi connectivity index (χ2n) is 7.20. The molecule has 3 N–H and O–H groups in total. The SMILES string of the molecule is CCC[C@@H](C)NS(=O)(=O)c1cc(C(=O)NCc2c(C)cc(C)[nH]c2=O)c(Cl)cc1Cl. The van der Waals surface area contributed by atoms with E-state index in [1.54, 1.807) is 26.8 Å². The van der Waals surface area contributed by atoms with Crippen molar-refractivity contribution in [2.75, 3.05) is 0 Å². The minimum atomic E-state index is -3.95. The first kappa shape index (κ1) is 24.4. The number of nitrogens with one attached hydrogen (secondary N) is 3. The van der Waals surface area contributed by atoms with E-state index in [4.69, 9.17) is 23.2 Å². The average molecular weight is 474 g/mol. The van der Waals surface area contributed by atoms with Crippen molar-refractivity contribution in [2.45, 2.75) is 58.0 Å². The molecular weight excluding hydrogens is 449 g/mol. The van der Waals surface area contributed by atoms with E-state index in [1.165, 1.54) is 6.07 Å². The summed E-state index contributed by atoms with van der Waals surface area (Å²) in [5.74, 6) is -0.617. The molecular formula is C20H25Cl2N3O4S. The topological polar surface area (TPSA) is 108 Å². The van der Waals surface area contributed by atoms with E-state index < -0.39 is 15.9 Å². The lowest BCUT2D eigenvalue weighted by Gasteiger charge is -2.16. The number of carbonyl (C=O) groups excluding carboxylic acids is 1. The van der Waals surface area contributed by atoms with Crippen molar-refractivity contribution >= 4 is 39.1 Å². The number of benzene rings is 1. The van der Waals surface area contributed by atoms with Crippen LogP contribution in [-0.2, 0) is 16.6 Å². The summed E-state index contributed by atoms with van der Waals surface area (Å²) in [7, 11) is -3.95. The Kier molecular flexibility index (Phi) is 8.10. The van der Waals surface area contributed by atoms with Gasteiger partial charge in [0.1, 0.15) is 4.90 Å². The number of amides is 1. The Morgan fingerprint density at radius 3 is 2.43 bits per heavy atom. The number of rotatable bonds is 8. The van der Waals surface area contributed by atoms with E-state index in [-0.39, 0.29) is 38.7 Å². The van der Waals surface area contributed by atoms with Crippen molar-refractivity contribution in [3.63, 3.8) is 0 Å². The molecule has 10 heteroatoms. The molecule has 2 aromatic rings. The van der Waals surface area contributed by atoms with Crippen LogP contribution in [0.25, 0.3) is 0 Å². The summed E-state index contributed by atoms with van der Waals surface area (Å²) in [4.78, 5) is 27.3. The van der Waals surface area contributed by atoms with Crippen molar-refractivity contribution in [3.8, 4) is 0 Å². The Morgan fingerprint density at radius 1 is 1.17 bits per heavy atom. The number of aryl methyl sites for hydroxylation is 2. The normalized spacial score (nSPS) is 12.6. The summed E-state index contributed by atoms with van der Waals surface area (Å²) in [6, 6.07) is 3.88. The largest absolute Gasteiger partial charge is 0.348 e. The standard InChI is InChI=1S/C20H25Cl2N3O4S/c1-5-6-12(3)25-30(28,29)18-8-14(16(21)9-17(18)22)19(26)23-10-15-11(2)7-13(4)24-20(15)27/h7-9,12,25H,5-6,10H2,1-4H3,(H,23,26)(H,24,27)/t12-/m1/s1. The molecule has 164 valence electrons. The Hall–Kier alpha value is -1.87. The minimum Gasteiger partial charge on any atom is -0.348 e. The van der Waals surface area contributed by atoms with E-state index in [0.29, 0.717) is 17.7 Å². The molecule has 2 rings (SSSR count). The monoisotopic (exact) mass is 473 g/mol. The van der Waals surface area contributed by atoms with Crippen molar-refractivity contribution in [1.82, 2.24) is 15.0 Å². The zero-order chi connectivity index (χ0) is 22.6. The average Bonchev–Trinajstić information content (AvgIpc) is 2.59. The highest BCUT2D eigenvalue weighted by Gasteiger charge is 2.24. The first-order valence-corrected chi connectivity index (χ1v) is 11.7. The predicted molar refractivity (Wildman–Crippen MR) is 119 cm³/mol. The van der Waals surface area contributed by atoms with Gasteiger partial charge in [-0.15, -0.1) is 0 Å². The van der Waals surface area contributed by atoms with Gasteiger partial charge in [-0.25, -0.2) is 13.1 Å². The summed E-state index contributed by atoms with van der Waals surface area (Å²) in [6.07, 6.45) is 1.46. The number of aromatic nitrogens is 1. The number of sulfonamides is 1. The molecule has 1 atom stereocenters. The van der Waals surface area contributed by atoms with E-state index in [1.807, 2.05) is 6.92 Å². The van der Waals surface area contributed by atoms with Gasteiger partial charge in [-0.3, -0.25) is 9.59 Å². The molecule has 0 aliphatic carbocycles. The summed E-state index contributed by atoms with van der Waals surface area (Å²) >= 11 is 12.2. The van der Waals surface area contributed by atoms with E-state index in [0.717, 1.165) is 18.1 Å². The van der Waals surface area contributed by atoms with Crippen molar-refractivity contribution in [2.24, 2.45) is 0 Å². The number of pyridine rings is 1. The quantitative estimate of drug-likeness (QED) is 0.542. The van der Waals surface area contributed by atoms with Crippen LogP contribution in [0.3, 0.4) is 0 Å². The van der Waals surface area contributed by atoms with Gasteiger partial charge in [-0.05, 0) is 51.0 Å². The maximum absolute atomic E-state index is 12.7. The molecule has 1 amide bonds. The molecule has 0 unspecified atom stereocenters. The van der Waals surface area contributed by atoms with Crippen LogP contribution in [0.4, 0.5) is 0 Å². The fourth-order valence-electron chi connectivity index (χ4n) is 3.09. The molecule has 7 nitrogen and oxygen atoms in total. The molecule has 0 spiro atoms. The fraction of sp³-hybridized carbons (Fsp3) is 0.400. The Bertz CT molecular complexity index is 1110. The first-order chi connectivity index (χ1) is 14.0. The third-order valence-electron chi connectivity index (χ3n) is 4.55. The van der Waals surface area contributed by atoms with Crippen LogP contribution >= 0.6 is 23.2 Å². The predicted octanol–water partition coefficient (Wildman–Crippen LogP) is 3.70. The molecule has 0 aliphatic rings. The zero-order valence-electron chi connectivity index (χ0n) is 17.2. The highest BCUT2D eigenvalue weighted by Crippen LogP contribution is 2.29. The van der Waals surface area contributed by atoms with Gasteiger partial charge in [0.2, 0.25) is 10.0 Å². The van der Waals surface area contributed by atoms with Gasteiger partial charge in [-0.2, -0.15) is 0 Å². The lowest BCUT2D eigenvalue weighted by molar-refractivity contribution is 0.0950. The zero-order valence-corrected chi connectivity index (χ0v) is 19.6. The first-order valence-electron chi connectivity index (χ1n) is 9.45. The maximum Gasteiger partial charge on any atom is 0.253 e. The van der Waals surface area contributed by atoms with Crippen LogP contribution in [0.15, 0.2) is 27.9 Å². The highest BCUT2D eigenvalue weighted by molar-refractivity contribution is 7.89. The summed E-state index contributed by atoms with van der Waals surface area (Å²) in [5, 5.41) is 2.54. The van der Waals surface area contributed by atoms with Crippen LogP contribution in [-0.4, -0.2) is 25.4 Å². The summed E-state index contributed by atoms with van der Waals surface area (Å²) < 4.78 is 28.0. The molecule has 0 radical (unpaired) electrons. The van der Waals surface area contributed by atoms with Crippen molar-refractivity contribution < 1.29 is 13.2 Å². The van der Waals surface area contributed by atoms with Crippen LogP contribution in [0.1, 0.15) is 53.9 Å². The summed E-state index contributed by atoms with van der Waals surface area (Å²) in [6.45, 7) is 7.20. The Morgan fingerprint density at radius 2 is 1.83 bits per heavy atom. The van der Waals surface area contributed by atoms with Gasteiger partial charge in [0.15, 0.2) is 0 Å². The molecule has 0 aliphatic heterocycles. The van der Waals surface area contributed by atoms with E-state index in [9.17, 15) is 18.0 Å². The number of carbonyl (C=O) groups is 1. The smallest absolute Gasteiger partial charge is 0.253 e. The molecule has 0 bridgehead atoms. The van der Waals surface area contributed by atoms with Crippen LogP contribution in [0.2, 0.25) is 10.0 Å². The number of H-pyrrole nitrogens is 1. The van der Waals surface area contributed by atoms with Gasteiger partial charge in [0, 0.05) is 23.8 Å². The number of hydrogen-bond acceptors (Lipinski definition) is 4. The molecule has 0 fully saturated rings. The summed E-state index contributed by atoms with van der Waals surface area (Å²) in [5.41, 5.74) is 1.50. The van der Waals surface area contributed by atoms with E-state index in [2.05, 4.69) is 15.0 Å². The molecule has 1 aromatic heterocycles. The van der Waals surface area contributed by atoms with Crippen molar-refractivity contribution in [1.29, 1.82) is 0 Å². The number of hydrogen-bond donors (Lipinski definition) is 3. The fourth-order valence-corrected chi connectivity index (χ4v) is 5.23. The second-order valence-corrected chi connectivity index (χ2v) is 9.70. The van der Waals surface area contributed by atoms with E-state index >= 15 is 0 Å². The van der Waals surface area contributed by atoms with Crippen LogP contribution in [0, 0.1) is 13.8 Å². The molecule has 1 heterocycles. The third kappa shape index (κ3) is 5.85. The molecule has 30 heavy (non-hydrogen) atoms. The number of aromatic amines is 1. The Balaban J connectivity index is 2.31. The van der Waals surface area contributed by atoms with Gasteiger partial charge < -0.3 is 10.3 Å².